The van der Waals surface area contributed by atoms with Crippen LogP contribution in [0.15, 0.2) is 28.8 Å². The van der Waals surface area contributed by atoms with Gasteiger partial charge in [-0.15, -0.1) is 0 Å². The second kappa shape index (κ2) is 8.60. The Bertz CT molecular complexity index is 702. The quantitative estimate of drug-likeness (QED) is 0.775. The average Bonchev–Trinajstić information content (AvgIpc) is 3.07. The third-order valence-corrected chi connectivity index (χ3v) is 4.10. The third-order valence-electron chi connectivity index (χ3n) is 4.10. The van der Waals surface area contributed by atoms with Gasteiger partial charge in [-0.05, 0) is 19.4 Å². The van der Waals surface area contributed by atoms with E-state index in [2.05, 4.69) is 15.5 Å². The Morgan fingerprint density at radius 3 is 2.68 bits per heavy atom. The molecule has 0 saturated heterocycles. The molecule has 6 nitrogen and oxygen atoms in total. The molecule has 0 bridgehead atoms. The number of hydrogen-bond acceptors (Lipinski definition) is 4. The second-order valence-electron chi connectivity index (χ2n) is 6.34. The van der Waals surface area contributed by atoms with Crippen LogP contribution in [0.2, 0.25) is 0 Å². The van der Waals surface area contributed by atoms with Crippen molar-refractivity contribution in [3.05, 3.63) is 47.4 Å². The van der Waals surface area contributed by atoms with E-state index in [4.69, 9.17) is 4.52 Å². The van der Waals surface area contributed by atoms with Crippen LogP contribution < -0.4 is 5.32 Å². The zero-order valence-electron chi connectivity index (χ0n) is 15.1. The van der Waals surface area contributed by atoms with E-state index in [0.29, 0.717) is 36.7 Å². The van der Waals surface area contributed by atoms with Gasteiger partial charge in [-0.25, -0.2) is 9.18 Å². The number of carbonyl (C=O) groups is 1. The molecule has 2 aromatic rings. The van der Waals surface area contributed by atoms with Crippen LogP contribution in [0.1, 0.15) is 56.4 Å². The summed E-state index contributed by atoms with van der Waals surface area (Å²) in [5.74, 6) is 1.18. The summed E-state index contributed by atoms with van der Waals surface area (Å²) >= 11 is 0. The number of rotatable bonds is 7. The van der Waals surface area contributed by atoms with Crippen molar-refractivity contribution in [2.24, 2.45) is 0 Å². The number of halogens is 1. The number of aromatic nitrogens is 2. The first kappa shape index (κ1) is 18.9. The molecule has 1 atom stereocenters. The molecular weight excluding hydrogens is 323 g/mol. The lowest BCUT2D eigenvalue weighted by atomic mass is 10.1. The maximum absolute atomic E-state index is 13.8. The number of hydrogen-bond donors (Lipinski definition) is 1. The van der Waals surface area contributed by atoms with E-state index >= 15 is 0 Å². The fourth-order valence-electron chi connectivity index (χ4n) is 2.36. The van der Waals surface area contributed by atoms with E-state index in [-0.39, 0.29) is 23.8 Å². The van der Waals surface area contributed by atoms with Gasteiger partial charge < -0.3 is 14.7 Å². The number of carbonyl (C=O) groups excluding carboxylic acids is 1. The molecule has 0 aliphatic carbocycles. The van der Waals surface area contributed by atoms with Gasteiger partial charge in [0.15, 0.2) is 5.82 Å². The molecule has 25 heavy (non-hydrogen) atoms. The summed E-state index contributed by atoms with van der Waals surface area (Å²) in [7, 11) is 1.65. The summed E-state index contributed by atoms with van der Waals surface area (Å²) in [5.41, 5.74) is 0.493. The molecule has 0 aliphatic rings. The number of urea groups is 1. The summed E-state index contributed by atoms with van der Waals surface area (Å²) in [5, 5.41) is 6.73. The van der Waals surface area contributed by atoms with Crippen LogP contribution in [0.3, 0.4) is 0 Å². The largest absolute Gasteiger partial charge is 0.339 e. The lowest BCUT2D eigenvalue weighted by Gasteiger charge is -2.25. The number of nitrogens with one attached hydrogen (secondary N) is 1. The average molecular weight is 348 g/mol. The van der Waals surface area contributed by atoms with E-state index in [9.17, 15) is 9.18 Å². The molecule has 1 aromatic carbocycles. The Morgan fingerprint density at radius 2 is 2.04 bits per heavy atom. The molecular formula is C18H25FN4O2. The summed E-state index contributed by atoms with van der Waals surface area (Å²) in [6.45, 7) is 6.28. The Hall–Kier alpha value is -2.44. The van der Waals surface area contributed by atoms with E-state index in [0.717, 1.165) is 0 Å². The van der Waals surface area contributed by atoms with Crippen molar-refractivity contribution in [3.8, 4) is 0 Å². The standard InChI is InChI=1S/C18H25FN4O2/c1-12(2)17-21-16(25-22-17)10-7-11-20-18(24)23(4)13(3)14-8-5-6-9-15(14)19/h5-6,8-9,12-13H,7,10-11H2,1-4H3,(H,20,24)/t13-/m0/s1. The van der Waals surface area contributed by atoms with E-state index in [1.807, 2.05) is 13.8 Å². The first-order valence-corrected chi connectivity index (χ1v) is 8.47. The van der Waals surface area contributed by atoms with Crippen molar-refractivity contribution < 1.29 is 13.7 Å². The fourth-order valence-corrected chi connectivity index (χ4v) is 2.36. The summed E-state index contributed by atoms with van der Waals surface area (Å²) < 4.78 is 19.0. The molecule has 1 aromatic heterocycles. The molecule has 0 saturated carbocycles. The fraction of sp³-hybridized carbons (Fsp3) is 0.500. The Morgan fingerprint density at radius 1 is 1.32 bits per heavy atom. The summed E-state index contributed by atoms with van der Waals surface area (Å²) in [6.07, 6.45) is 1.29. The highest BCUT2D eigenvalue weighted by Crippen LogP contribution is 2.21. The monoisotopic (exact) mass is 348 g/mol. The van der Waals surface area contributed by atoms with E-state index in [1.165, 1.54) is 11.0 Å². The summed E-state index contributed by atoms with van der Waals surface area (Å²) in [6, 6.07) is 5.87. The van der Waals surface area contributed by atoms with Gasteiger partial charge in [0.05, 0.1) is 6.04 Å². The first-order chi connectivity index (χ1) is 11.9. The van der Waals surface area contributed by atoms with Crippen molar-refractivity contribution in [1.29, 1.82) is 0 Å². The minimum Gasteiger partial charge on any atom is -0.339 e. The zero-order valence-corrected chi connectivity index (χ0v) is 15.1. The second-order valence-corrected chi connectivity index (χ2v) is 6.34. The van der Waals surface area contributed by atoms with Crippen LogP contribution in [0.4, 0.5) is 9.18 Å². The molecule has 0 aliphatic heterocycles. The normalized spacial score (nSPS) is 12.2. The summed E-state index contributed by atoms with van der Waals surface area (Å²) in [4.78, 5) is 18.0. The Kier molecular flexibility index (Phi) is 6.50. The number of aryl methyl sites for hydroxylation is 1. The smallest absolute Gasteiger partial charge is 0.317 e. The van der Waals surface area contributed by atoms with Crippen LogP contribution in [0.25, 0.3) is 0 Å². The maximum atomic E-state index is 13.8. The lowest BCUT2D eigenvalue weighted by Crippen LogP contribution is -2.39. The Balaban J connectivity index is 1.78. The molecule has 0 radical (unpaired) electrons. The highest BCUT2D eigenvalue weighted by Gasteiger charge is 2.19. The third kappa shape index (κ3) is 5.01. The van der Waals surface area contributed by atoms with Gasteiger partial charge in [-0.1, -0.05) is 37.2 Å². The minimum atomic E-state index is -0.356. The molecule has 0 unspecified atom stereocenters. The van der Waals surface area contributed by atoms with Gasteiger partial charge in [0.1, 0.15) is 5.82 Å². The molecule has 136 valence electrons. The lowest BCUT2D eigenvalue weighted by molar-refractivity contribution is 0.193. The molecule has 0 fully saturated rings. The number of benzene rings is 1. The van der Waals surface area contributed by atoms with Crippen molar-refractivity contribution in [3.63, 3.8) is 0 Å². The van der Waals surface area contributed by atoms with Gasteiger partial charge in [-0.2, -0.15) is 4.98 Å². The van der Waals surface area contributed by atoms with Crippen LogP contribution in [-0.2, 0) is 6.42 Å². The molecule has 1 heterocycles. The van der Waals surface area contributed by atoms with Crippen LogP contribution in [-0.4, -0.2) is 34.7 Å². The van der Waals surface area contributed by atoms with Crippen LogP contribution >= 0.6 is 0 Å². The molecule has 0 spiro atoms. The molecule has 2 amide bonds. The SMILES string of the molecule is CC(C)c1noc(CCCNC(=O)N(C)[C@@H](C)c2ccccc2F)n1. The highest BCUT2D eigenvalue weighted by molar-refractivity contribution is 5.74. The topological polar surface area (TPSA) is 71.3 Å². The predicted octanol–water partition coefficient (Wildman–Crippen LogP) is 3.67. The van der Waals surface area contributed by atoms with E-state index < -0.39 is 0 Å². The molecule has 2 rings (SSSR count). The van der Waals surface area contributed by atoms with Gasteiger partial charge in [0.25, 0.3) is 0 Å². The maximum Gasteiger partial charge on any atom is 0.317 e. The van der Waals surface area contributed by atoms with Crippen molar-refractivity contribution in [1.82, 2.24) is 20.4 Å². The van der Waals surface area contributed by atoms with Crippen LogP contribution in [0.5, 0.6) is 0 Å². The van der Waals surface area contributed by atoms with Crippen molar-refractivity contribution in [2.45, 2.75) is 45.6 Å². The van der Waals surface area contributed by atoms with Crippen molar-refractivity contribution in [2.75, 3.05) is 13.6 Å². The van der Waals surface area contributed by atoms with Crippen LogP contribution in [0, 0.1) is 5.82 Å². The molecule has 7 heteroatoms. The van der Waals surface area contributed by atoms with Gasteiger partial charge >= 0.3 is 6.03 Å². The van der Waals surface area contributed by atoms with Gasteiger partial charge in [0, 0.05) is 31.5 Å². The molecule has 1 N–H and O–H groups in total. The predicted molar refractivity (Wildman–Crippen MR) is 92.7 cm³/mol. The minimum absolute atomic E-state index is 0.228. The number of amides is 2. The first-order valence-electron chi connectivity index (χ1n) is 8.47. The van der Waals surface area contributed by atoms with Crippen molar-refractivity contribution >= 4 is 6.03 Å². The van der Waals surface area contributed by atoms with Gasteiger partial charge in [-0.3, -0.25) is 0 Å². The Labute approximate surface area is 147 Å². The van der Waals surface area contributed by atoms with Gasteiger partial charge in [0.2, 0.25) is 5.89 Å². The van der Waals surface area contributed by atoms with E-state index in [1.54, 1.807) is 32.2 Å². The highest BCUT2D eigenvalue weighted by atomic mass is 19.1. The zero-order chi connectivity index (χ0) is 18.4. The number of nitrogens with zero attached hydrogens (tertiary/aromatic N) is 3.